The lowest BCUT2D eigenvalue weighted by Gasteiger charge is -2.26. The number of benzene rings is 3. The van der Waals surface area contributed by atoms with E-state index in [2.05, 4.69) is 12.2 Å². The number of amides is 1. The van der Waals surface area contributed by atoms with Crippen LogP contribution in [0.1, 0.15) is 31.0 Å². The number of carbonyl (C=O) groups excluding carboxylic acids is 1. The van der Waals surface area contributed by atoms with Gasteiger partial charge in [0, 0.05) is 5.02 Å². The van der Waals surface area contributed by atoms with E-state index in [9.17, 15) is 13.2 Å². The van der Waals surface area contributed by atoms with Gasteiger partial charge in [0.2, 0.25) is 5.91 Å². The maximum absolute atomic E-state index is 13.5. The van der Waals surface area contributed by atoms with Crippen molar-refractivity contribution in [1.29, 1.82) is 0 Å². The van der Waals surface area contributed by atoms with Crippen molar-refractivity contribution in [2.75, 3.05) is 18.0 Å². The Morgan fingerprint density at radius 1 is 1.06 bits per heavy atom. The smallest absolute Gasteiger partial charge is 0.264 e. The summed E-state index contributed by atoms with van der Waals surface area (Å²) in [6.07, 6.45) is 0.925. The molecule has 1 atom stereocenters. The Bertz CT molecular complexity index is 1200. The summed E-state index contributed by atoms with van der Waals surface area (Å²) in [5.74, 6) is -0.168. The Kier molecular flexibility index (Phi) is 8.00. The fraction of sp³-hybridized carbons (Fsp3) is 0.240. The van der Waals surface area contributed by atoms with Gasteiger partial charge in [0.25, 0.3) is 10.0 Å². The Labute approximate surface area is 200 Å². The molecule has 174 valence electrons. The minimum absolute atomic E-state index is 0.0584. The highest BCUT2D eigenvalue weighted by atomic mass is 35.5. The molecule has 0 saturated heterocycles. The van der Waals surface area contributed by atoms with E-state index in [1.54, 1.807) is 30.3 Å². The van der Waals surface area contributed by atoms with Crippen LogP contribution in [0.3, 0.4) is 0 Å². The number of rotatable bonds is 9. The molecule has 33 heavy (non-hydrogen) atoms. The molecule has 0 unspecified atom stereocenters. The average Bonchev–Trinajstić information content (AvgIpc) is 2.83. The van der Waals surface area contributed by atoms with Crippen LogP contribution in [0, 0.1) is 0 Å². The number of hydrogen-bond acceptors (Lipinski definition) is 4. The molecule has 6 nitrogen and oxygen atoms in total. The highest BCUT2D eigenvalue weighted by molar-refractivity contribution is 7.92. The lowest BCUT2D eigenvalue weighted by Crippen LogP contribution is -2.41. The average molecular weight is 487 g/mol. The summed E-state index contributed by atoms with van der Waals surface area (Å²) in [6, 6.07) is 20.2. The van der Waals surface area contributed by atoms with E-state index in [0.29, 0.717) is 5.02 Å². The van der Waals surface area contributed by atoms with Gasteiger partial charge in [0.1, 0.15) is 12.3 Å². The fourth-order valence-corrected chi connectivity index (χ4v) is 5.03. The first-order valence-electron chi connectivity index (χ1n) is 10.6. The van der Waals surface area contributed by atoms with Crippen LogP contribution in [-0.4, -0.2) is 28.0 Å². The number of carbonyl (C=O) groups is 1. The van der Waals surface area contributed by atoms with Crippen LogP contribution < -0.4 is 14.4 Å². The summed E-state index contributed by atoms with van der Waals surface area (Å²) in [4.78, 5) is 13.1. The molecule has 0 spiro atoms. The van der Waals surface area contributed by atoms with E-state index < -0.39 is 22.5 Å². The van der Waals surface area contributed by atoms with E-state index in [-0.39, 0.29) is 22.4 Å². The number of aryl methyl sites for hydroxylation is 1. The van der Waals surface area contributed by atoms with Crippen molar-refractivity contribution in [3.63, 3.8) is 0 Å². The second kappa shape index (κ2) is 10.7. The largest absolute Gasteiger partial charge is 0.495 e. The summed E-state index contributed by atoms with van der Waals surface area (Å²) in [5, 5.41) is 3.21. The number of sulfonamides is 1. The van der Waals surface area contributed by atoms with Crippen LogP contribution in [-0.2, 0) is 21.2 Å². The van der Waals surface area contributed by atoms with Gasteiger partial charge in [0.15, 0.2) is 0 Å². The number of nitrogens with zero attached hydrogens (tertiary/aromatic N) is 1. The second-order valence-corrected chi connectivity index (χ2v) is 9.82. The number of nitrogens with one attached hydrogen (secondary N) is 1. The zero-order chi connectivity index (χ0) is 24.0. The Hall–Kier alpha value is -3.03. The Balaban J connectivity index is 1.93. The van der Waals surface area contributed by atoms with Crippen LogP contribution >= 0.6 is 11.6 Å². The number of methoxy groups -OCH3 is 1. The molecule has 0 aromatic heterocycles. The summed E-state index contributed by atoms with van der Waals surface area (Å²) >= 11 is 6.16. The van der Waals surface area contributed by atoms with Gasteiger partial charge in [-0.05, 0) is 54.8 Å². The summed E-state index contributed by atoms with van der Waals surface area (Å²) in [5.41, 5.74) is 2.31. The van der Waals surface area contributed by atoms with E-state index in [1.807, 2.05) is 31.2 Å². The van der Waals surface area contributed by atoms with Crippen LogP contribution in [0.25, 0.3) is 0 Å². The highest BCUT2D eigenvalue weighted by Gasteiger charge is 2.30. The van der Waals surface area contributed by atoms with Crippen molar-refractivity contribution in [2.45, 2.75) is 31.2 Å². The first kappa shape index (κ1) is 24.6. The molecular formula is C25H27ClN2O4S. The lowest BCUT2D eigenvalue weighted by molar-refractivity contribution is -0.120. The van der Waals surface area contributed by atoms with Crippen molar-refractivity contribution in [2.24, 2.45) is 0 Å². The molecule has 3 aromatic carbocycles. The quantitative estimate of drug-likeness (QED) is 0.462. The third kappa shape index (κ3) is 5.86. The standard InChI is InChI=1S/C25H27ClN2O4S/c1-4-19-10-12-20(13-11-19)18(2)27-25(29)17-28(23-16-21(26)14-15-24(23)32-3)33(30,31)22-8-6-5-7-9-22/h5-16,18H,4,17H2,1-3H3,(H,27,29)/t18-/m0/s1. The second-order valence-electron chi connectivity index (χ2n) is 7.53. The van der Waals surface area contributed by atoms with Gasteiger partial charge in [-0.25, -0.2) is 8.42 Å². The lowest BCUT2D eigenvalue weighted by atomic mass is 10.1. The summed E-state index contributed by atoms with van der Waals surface area (Å²) < 4.78 is 33.4. The van der Waals surface area contributed by atoms with Gasteiger partial charge >= 0.3 is 0 Å². The summed E-state index contributed by atoms with van der Waals surface area (Å²) in [6.45, 7) is 3.49. The first-order chi connectivity index (χ1) is 15.8. The molecule has 0 heterocycles. The van der Waals surface area contributed by atoms with Crippen molar-refractivity contribution in [1.82, 2.24) is 5.32 Å². The molecule has 0 radical (unpaired) electrons. The predicted octanol–water partition coefficient (Wildman–Crippen LogP) is 4.98. The molecule has 0 aliphatic rings. The Morgan fingerprint density at radius 2 is 1.73 bits per heavy atom. The van der Waals surface area contributed by atoms with Gasteiger partial charge in [-0.15, -0.1) is 0 Å². The molecule has 0 aliphatic carbocycles. The van der Waals surface area contributed by atoms with E-state index in [4.69, 9.17) is 16.3 Å². The molecule has 3 rings (SSSR count). The minimum atomic E-state index is -4.07. The van der Waals surface area contributed by atoms with Gasteiger partial charge in [-0.1, -0.05) is 61.0 Å². The number of ether oxygens (including phenoxy) is 1. The maximum Gasteiger partial charge on any atom is 0.264 e. The molecular weight excluding hydrogens is 460 g/mol. The van der Waals surface area contributed by atoms with Crippen molar-refractivity contribution < 1.29 is 17.9 Å². The molecule has 0 saturated carbocycles. The van der Waals surface area contributed by atoms with E-state index in [0.717, 1.165) is 16.3 Å². The minimum Gasteiger partial charge on any atom is -0.495 e. The van der Waals surface area contributed by atoms with Crippen LogP contribution in [0.15, 0.2) is 77.7 Å². The molecule has 1 N–H and O–H groups in total. The molecule has 1 amide bonds. The third-order valence-electron chi connectivity index (χ3n) is 5.29. The van der Waals surface area contributed by atoms with Gasteiger partial charge in [0.05, 0.1) is 23.7 Å². The molecule has 0 bridgehead atoms. The number of halogens is 1. The molecule has 8 heteroatoms. The number of anilines is 1. The van der Waals surface area contributed by atoms with Gasteiger partial charge in [-0.3, -0.25) is 9.10 Å². The predicted molar refractivity (Wildman–Crippen MR) is 131 cm³/mol. The van der Waals surface area contributed by atoms with Gasteiger partial charge in [-0.2, -0.15) is 0 Å². The van der Waals surface area contributed by atoms with Crippen LogP contribution in [0.4, 0.5) is 5.69 Å². The van der Waals surface area contributed by atoms with E-state index >= 15 is 0 Å². The zero-order valence-corrected chi connectivity index (χ0v) is 20.4. The van der Waals surface area contributed by atoms with Gasteiger partial charge < -0.3 is 10.1 Å². The van der Waals surface area contributed by atoms with Crippen molar-refractivity contribution >= 4 is 33.2 Å². The number of hydrogen-bond donors (Lipinski definition) is 1. The van der Waals surface area contributed by atoms with E-state index in [1.165, 1.54) is 30.9 Å². The topological polar surface area (TPSA) is 75.7 Å². The van der Waals surface area contributed by atoms with Crippen LogP contribution in [0.5, 0.6) is 5.75 Å². The molecule has 0 aliphatic heterocycles. The van der Waals surface area contributed by atoms with Crippen LogP contribution in [0.2, 0.25) is 5.02 Å². The third-order valence-corrected chi connectivity index (χ3v) is 7.30. The maximum atomic E-state index is 13.5. The first-order valence-corrected chi connectivity index (χ1v) is 12.4. The highest BCUT2D eigenvalue weighted by Crippen LogP contribution is 2.34. The summed E-state index contributed by atoms with van der Waals surface area (Å²) in [7, 11) is -2.64. The fourth-order valence-electron chi connectivity index (χ4n) is 3.42. The SMILES string of the molecule is CCc1ccc([C@H](C)NC(=O)CN(c2cc(Cl)ccc2OC)S(=O)(=O)c2ccccc2)cc1. The monoisotopic (exact) mass is 486 g/mol. The van der Waals surface area contributed by atoms with Crippen molar-refractivity contribution in [3.8, 4) is 5.75 Å². The Morgan fingerprint density at radius 3 is 2.33 bits per heavy atom. The van der Waals surface area contributed by atoms with Crippen molar-refractivity contribution in [3.05, 3.63) is 88.9 Å². The normalized spacial score (nSPS) is 12.1. The molecule has 3 aromatic rings. The zero-order valence-electron chi connectivity index (χ0n) is 18.8. The molecule has 0 fully saturated rings.